The third-order valence-corrected chi connectivity index (χ3v) is 4.19. The van der Waals surface area contributed by atoms with Gasteiger partial charge in [0, 0.05) is 12.7 Å². The summed E-state index contributed by atoms with van der Waals surface area (Å²) in [5.41, 5.74) is 2.15. The highest BCUT2D eigenvalue weighted by Crippen LogP contribution is 2.30. The molecular formula is C18H18ClFN4O. The van der Waals surface area contributed by atoms with E-state index < -0.39 is 0 Å². The van der Waals surface area contributed by atoms with Crippen molar-refractivity contribution in [3.8, 4) is 5.69 Å². The number of hydrogen-bond acceptors (Lipinski definition) is 3. The molecule has 0 saturated heterocycles. The van der Waals surface area contributed by atoms with Gasteiger partial charge >= 0.3 is 0 Å². The largest absolute Gasteiger partial charge is 0.352 e. The predicted octanol–water partition coefficient (Wildman–Crippen LogP) is 3.91. The highest BCUT2D eigenvalue weighted by atomic mass is 35.5. The first kappa shape index (κ1) is 17.4. The Hall–Kier alpha value is -2.47. The smallest absolute Gasteiger partial charge is 0.254 e. The number of carbonyl (C=O) groups is 1. The molecular weight excluding hydrogens is 343 g/mol. The molecule has 0 bridgehead atoms. The van der Waals surface area contributed by atoms with Crippen molar-refractivity contribution in [2.24, 2.45) is 5.92 Å². The summed E-state index contributed by atoms with van der Waals surface area (Å²) in [5, 5.41) is 8.21. The Balaban J connectivity index is 2.07. The van der Waals surface area contributed by atoms with E-state index >= 15 is 0 Å². The van der Waals surface area contributed by atoms with Gasteiger partial charge in [0.25, 0.3) is 5.91 Å². The fourth-order valence-electron chi connectivity index (χ4n) is 2.52. The van der Waals surface area contributed by atoms with Crippen LogP contribution in [-0.4, -0.2) is 27.2 Å². The Morgan fingerprint density at radius 1 is 1.32 bits per heavy atom. The van der Waals surface area contributed by atoms with E-state index in [1.165, 1.54) is 18.3 Å². The van der Waals surface area contributed by atoms with Crippen LogP contribution in [-0.2, 0) is 0 Å². The van der Waals surface area contributed by atoms with Crippen LogP contribution in [0.4, 0.5) is 4.39 Å². The average molecular weight is 361 g/mol. The van der Waals surface area contributed by atoms with Crippen LogP contribution in [0.2, 0.25) is 5.02 Å². The minimum absolute atomic E-state index is 0.262. The molecule has 0 saturated carbocycles. The van der Waals surface area contributed by atoms with Crippen LogP contribution in [0, 0.1) is 18.7 Å². The van der Waals surface area contributed by atoms with Gasteiger partial charge in [-0.3, -0.25) is 4.79 Å². The first-order valence-electron chi connectivity index (χ1n) is 7.96. The van der Waals surface area contributed by atoms with Gasteiger partial charge in [0.2, 0.25) is 0 Å². The molecule has 3 rings (SSSR count). The van der Waals surface area contributed by atoms with Gasteiger partial charge in [0.1, 0.15) is 5.82 Å². The first-order chi connectivity index (χ1) is 11.9. The Kier molecular flexibility index (Phi) is 4.72. The molecule has 7 heteroatoms. The second-order valence-corrected chi connectivity index (χ2v) is 6.64. The Morgan fingerprint density at radius 2 is 2.00 bits per heavy atom. The minimum atomic E-state index is -0.327. The zero-order valence-electron chi connectivity index (χ0n) is 14.2. The molecule has 0 aliphatic carbocycles. The number of fused-ring (bicyclic) bond motifs is 1. The summed E-state index contributed by atoms with van der Waals surface area (Å²) in [7, 11) is 0. The normalized spacial score (nSPS) is 11.3. The van der Waals surface area contributed by atoms with Gasteiger partial charge in [-0.25, -0.2) is 14.1 Å². The highest BCUT2D eigenvalue weighted by molar-refractivity contribution is 6.38. The molecule has 1 aromatic carbocycles. The quantitative estimate of drug-likeness (QED) is 0.767. The molecule has 5 nitrogen and oxygen atoms in total. The molecule has 0 aliphatic heterocycles. The van der Waals surface area contributed by atoms with Crippen molar-refractivity contribution in [3.05, 3.63) is 52.6 Å². The van der Waals surface area contributed by atoms with Crippen molar-refractivity contribution in [1.29, 1.82) is 0 Å². The molecule has 0 unspecified atom stereocenters. The summed E-state index contributed by atoms with van der Waals surface area (Å²) in [6.07, 6.45) is 1.45. The van der Waals surface area contributed by atoms with Crippen molar-refractivity contribution in [2.75, 3.05) is 6.54 Å². The molecule has 0 fully saturated rings. The van der Waals surface area contributed by atoms with Crippen molar-refractivity contribution in [3.63, 3.8) is 0 Å². The second-order valence-electron chi connectivity index (χ2n) is 6.26. The van der Waals surface area contributed by atoms with Crippen LogP contribution in [0.5, 0.6) is 0 Å². The minimum Gasteiger partial charge on any atom is -0.352 e. The average Bonchev–Trinajstić information content (AvgIpc) is 2.91. The summed E-state index contributed by atoms with van der Waals surface area (Å²) in [4.78, 5) is 16.7. The number of aromatic nitrogens is 3. The maximum Gasteiger partial charge on any atom is 0.254 e. The lowest BCUT2D eigenvalue weighted by molar-refractivity contribution is 0.0949. The fraction of sp³-hybridized carbons (Fsp3) is 0.278. The second kappa shape index (κ2) is 6.80. The van der Waals surface area contributed by atoms with Crippen LogP contribution in [0.1, 0.15) is 29.9 Å². The van der Waals surface area contributed by atoms with Crippen molar-refractivity contribution in [2.45, 2.75) is 20.8 Å². The summed E-state index contributed by atoms with van der Waals surface area (Å²) in [6.45, 7) is 6.38. The zero-order valence-corrected chi connectivity index (χ0v) is 14.9. The molecule has 2 heterocycles. The molecule has 130 valence electrons. The van der Waals surface area contributed by atoms with Gasteiger partial charge in [-0.2, -0.15) is 5.10 Å². The van der Waals surface area contributed by atoms with Crippen LogP contribution in [0.3, 0.4) is 0 Å². The van der Waals surface area contributed by atoms with Gasteiger partial charge in [0.05, 0.1) is 27.4 Å². The maximum atomic E-state index is 13.1. The number of amides is 1. The maximum absolute atomic E-state index is 13.1. The van der Waals surface area contributed by atoms with E-state index in [-0.39, 0.29) is 11.7 Å². The number of pyridine rings is 1. The van der Waals surface area contributed by atoms with E-state index in [9.17, 15) is 9.18 Å². The number of nitrogens with zero attached hydrogens (tertiary/aromatic N) is 3. The van der Waals surface area contributed by atoms with E-state index in [2.05, 4.69) is 15.4 Å². The first-order valence-corrected chi connectivity index (χ1v) is 8.34. The molecule has 0 aliphatic rings. The number of benzene rings is 1. The van der Waals surface area contributed by atoms with E-state index in [1.54, 1.807) is 23.7 Å². The zero-order chi connectivity index (χ0) is 18.1. The lowest BCUT2D eigenvalue weighted by Gasteiger charge is -2.09. The molecule has 0 radical (unpaired) electrons. The van der Waals surface area contributed by atoms with Gasteiger partial charge in [0.15, 0.2) is 5.65 Å². The Bertz CT molecular complexity index is 934. The standard InChI is InChI=1S/C18H18ClFN4O/c1-10(2)8-22-18(25)14-9-21-17-15(16(14)19)11(3)23-24(17)13-6-4-12(20)5-7-13/h4-7,9-10H,8H2,1-3H3,(H,22,25). The SMILES string of the molecule is Cc1nn(-c2ccc(F)cc2)c2ncc(C(=O)NCC(C)C)c(Cl)c12. The monoisotopic (exact) mass is 360 g/mol. The third kappa shape index (κ3) is 3.35. The lowest BCUT2D eigenvalue weighted by atomic mass is 10.1. The van der Waals surface area contributed by atoms with Crippen LogP contribution < -0.4 is 5.32 Å². The van der Waals surface area contributed by atoms with Gasteiger partial charge in [-0.15, -0.1) is 0 Å². The van der Waals surface area contributed by atoms with Crippen molar-refractivity contribution < 1.29 is 9.18 Å². The summed E-state index contributed by atoms with van der Waals surface area (Å²) >= 11 is 6.47. The topological polar surface area (TPSA) is 59.8 Å². The summed E-state index contributed by atoms with van der Waals surface area (Å²) in [5.74, 6) is -0.253. The molecule has 3 aromatic rings. The number of nitrogens with one attached hydrogen (secondary N) is 1. The van der Waals surface area contributed by atoms with E-state index in [0.717, 1.165) is 0 Å². The Labute approximate surface area is 149 Å². The number of aryl methyl sites for hydroxylation is 1. The van der Waals surface area contributed by atoms with Gasteiger partial charge in [-0.05, 0) is 37.1 Å². The number of halogens is 2. The molecule has 25 heavy (non-hydrogen) atoms. The number of carbonyl (C=O) groups excluding carboxylic acids is 1. The van der Waals surface area contributed by atoms with Gasteiger partial charge < -0.3 is 5.32 Å². The summed E-state index contributed by atoms with van der Waals surface area (Å²) < 4.78 is 14.7. The highest BCUT2D eigenvalue weighted by Gasteiger charge is 2.20. The molecule has 1 N–H and O–H groups in total. The van der Waals surface area contributed by atoms with Crippen LogP contribution in [0.25, 0.3) is 16.7 Å². The molecule has 0 spiro atoms. The summed E-state index contributed by atoms with van der Waals surface area (Å²) in [6, 6.07) is 5.93. The van der Waals surface area contributed by atoms with Crippen LogP contribution >= 0.6 is 11.6 Å². The van der Waals surface area contributed by atoms with Gasteiger partial charge in [-0.1, -0.05) is 25.4 Å². The fourth-order valence-corrected chi connectivity index (χ4v) is 2.88. The third-order valence-electron chi connectivity index (χ3n) is 3.79. The lowest BCUT2D eigenvalue weighted by Crippen LogP contribution is -2.27. The predicted molar refractivity (Wildman–Crippen MR) is 95.7 cm³/mol. The van der Waals surface area contributed by atoms with Crippen molar-refractivity contribution in [1.82, 2.24) is 20.1 Å². The molecule has 0 atom stereocenters. The Morgan fingerprint density at radius 3 is 2.64 bits per heavy atom. The van der Waals surface area contributed by atoms with Crippen molar-refractivity contribution >= 4 is 28.5 Å². The van der Waals surface area contributed by atoms with Crippen LogP contribution in [0.15, 0.2) is 30.5 Å². The number of rotatable bonds is 4. The van der Waals surface area contributed by atoms with E-state index in [1.807, 2.05) is 13.8 Å². The van der Waals surface area contributed by atoms with E-state index in [0.29, 0.717) is 45.5 Å². The number of hydrogen-bond donors (Lipinski definition) is 1. The molecule has 2 aromatic heterocycles. The molecule has 1 amide bonds. The van der Waals surface area contributed by atoms with E-state index in [4.69, 9.17) is 11.6 Å².